The zero-order valence-corrected chi connectivity index (χ0v) is 33.9. The number of fused-ring (bicyclic) bond motifs is 14. The summed E-state index contributed by atoms with van der Waals surface area (Å²) in [4.78, 5) is 5.69. The van der Waals surface area contributed by atoms with Gasteiger partial charge in [0.1, 0.15) is 0 Å². The van der Waals surface area contributed by atoms with E-state index in [-0.39, 0.29) is 29.8 Å². The highest BCUT2D eigenvalue weighted by atomic mass is 32.2. The molecule has 0 saturated heterocycles. The Balaban J connectivity index is 1.27. The van der Waals surface area contributed by atoms with Crippen molar-refractivity contribution in [1.82, 2.24) is 0 Å². The third-order valence-corrected chi connectivity index (χ3v) is 16.0. The molecule has 0 atom stereocenters. The maximum absolute atomic E-state index is 2.83. The Morgan fingerprint density at radius 3 is 2.11 bits per heavy atom. The molecule has 0 radical (unpaired) electrons. The number of nitrogens with zero attached hydrogens (tertiary/aromatic N) is 1. The molecule has 5 heteroatoms. The Morgan fingerprint density at radius 2 is 1.30 bits per heavy atom. The molecule has 4 aliphatic heterocycles. The van der Waals surface area contributed by atoms with E-state index in [0.717, 1.165) is 0 Å². The monoisotopic (exact) mass is 729 g/mol. The summed E-state index contributed by atoms with van der Waals surface area (Å²) >= 11 is 4.02. The van der Waals surface area contributed by atoms with Crippen LogP contribution in [0.5, 0.6) is 0 Å². The van der Waals surface area contributed by atoms with Gasteiger partial charge in [-0.15, -0.1) is 11.3 Å². The minimum absolute atomic E-state index is 0.0117. The smallest absolute Gasteiger partial charge is 0.329 e. The number of hydrogen-bond acceptors (Lipinski definition) is 3. The summed E-state index contributed by atoms with van der Waals surface area (Å²) in [6.07, 6.45) is 0. The van der Waals surface area contributed by atoms with Gasteiger partial charge in [0.25, 0.3) is 6.71 Å². The van der Waals surface area contributed by atoms with Crippen LogP contribution < -0.4 is 31.4 Å². The van der Waals surface area contributed by atoms with Crippen LogP contribution in [0, 0.1) is 0 Å². The predicted octanol–water partition coefficient (Wildman–Crippen LogP) is 10.0. The molecular weight excluding hydrogens is 688 g/mol. The van der Waals surface area contributed by atoms with Crippen LogP contribution in [0.4, 0.5) is 11.4 Å². The van der Waals surface area contributed by atoms with E-state index in [1.165, 1.54) is 114 Å². The fraction of sp³-hybridized carbons (Fsp3) is 0.224. The molecule has 6 aromatic carbocycles. The highest BCUT2D eigenvalue weighted by Crippen LogP contribution is 2.55. The highest BCUT2D eigenvalue weighted by Gasteiger charge is 2.53. The van der Waals surface area contributed by atoms with Gasteiger partial charge in [0.2, 0.25) is 0 Å². The lowest BCUT2D eigenvalue weighted by atomic mass is 9.33. The molecule has 0 saturated carbocycles. The molecule has 0 unspecified atom stereocenters. The summed E-state index contributed by atoms with van der Waals surface area (Å²) in [6.45, 7) is 19.4. The molecule has 12 rings (SSSR count). The second-order valence-corrected chi connectivity index (χ2v) is 21.0. The minimum atomic E-state index is -0.0785. The van der Waals surface area contributed by atoms with Gasteiger partial charge in [-0.05, 0) is 100 Å². The first kappa shape index (κ1) is 31.9. The largest absolute Gasteiger partial charge is 0.377 e. The summed E-state index contributed by atoms with van der Waals surface area (Å²) in [5.41, 5.74) is 22.7. The van der Waals surface area contributed by atoms with E-state index in [1.54, 1.807) is 0 Å². The zero-order chi connectivity index (χ0) is 36.8. The van der Waals surface area contributed by atoms with Crippen molar-refractivity contribution in [3.05, 3.63) is 125 Å². The van der Waals surface area contributed by atoms with E-state index in [1.807, 2.05) is 23.1 Å². The number of rotatable bonds is 0. The molecule has 0 fully saturated rings. The summed E-state index contributed by atoms with van der Waals surface area (Å²) in [5.74, 6) is 0. The molecule has 1 aromatic heterocycles. The van der Waals surface area contributed by atoms with Gasteiger partial charge in [-0.1, -0.05) is 152 Å². The standard InChI is InChI=1S/C49H41B2NS2/c1-47(2,3)26-17-18-29-30-19-20-41-42-44(30)52-43-34(21-27(48(4,5)6)23-39(43)50(42)46-45(53-41)31-14-10-12-16-40(31)54-46)33-24-36-32(25-38(33)51(52)37(29)22-26)28-13-9-11-15-35(28)49(36,7)8/h9-25H,1-8H3. The van der Waals surface area contributed by atoms with Gasteiger partial charge < -0.3 is 4.81 Å². The van der Waals surface area contributed by atoms with Crippen molar-refractivity contribution in [3.8, 4) is 33.4 Å². The lowest BCUT2D eigenvalue weighted by Crippen LogP contribution is -2.68. The Hall–Kier alpha value is -4.44. The summed E-state index contributed by atoms with van der Waals surface area (Å²) in [7, 11) is 0. The minimum Gasteiger partial charge on any atom is -0.377 e. The van der Waals surface area contributed by atoms with Crippen molar-refractivity contribution < 1.29 is 0 Å². The van der Waals surface area contributed by atoms with E-state index in [9.17, 15) is 0 Å². The molecule has 0 spiro atoms. The zero-order valence-electron chi connectivity index (χ0n) is 32.2. The Bertz CT molecular complexity index is 2880. The fourth-order valence-corrected chi connectivity index (χ4v) is 13.4. The summed E-state index contributed by atoms with van der Waals surface area (Å²) < 4.78 is 2.90. The summed E-state index contributed by atoms with van der Waals surface area (Å²) in [5, 5.41) is 1.40. The molecule has 5 aliphatic rings. The van der Waals surface area contributed by atoms with Gasteiger partial charge in [-0.2, -0.15) is 0 Å². The lowest BCUT2D eigenvalue weighted by Gasteiger charge is -2.50. The van der Waals surface area contributed by atoms with E-state index >= 15 is 0 Å². The number of thiophene rings is 1. The number of anilines is 2. The van der Waals surface area contributed by atoms with Gasteiger partial charge in [-0.3, -0.25) is 0 Å². The number of hydrogen-bond donors (Lipinski definition) is 0. The van der Waals surface area contributed by atoms with Crippen LogP contribution in [0.1, 0.15) is 77.6 Å². The topological polar surface area (TPSA) is 3.24 Å². The first-order chi connectivity index (χ1) is 25.8. The van der Waals surface area contributed by atoms with Crippen LogP contribution in [0.3, 0.4) is 0 Å². The first-order valence-electron chi connectivity index (χ1n) is 19.6. The molecule has 0 N–H and O–H groups in total. The maximum atomic E-state index is 2.83. The molecule has 0 bridgehead atoms. The quantitative estimate of drug-likeness (QED) is 0.143. The van der Waals surface area contributed by atoms with Crippen LogP contribution in [-0.2, 0) is 16.2 Å². The SMILES string of the molecule is CC(C)(C)c1ccc2c(c1)B1c3cc4c(cc3-c3cc(C(C)(C)C)cc5c3N1c1c-2ccc2c1B5c1sc3ccccc3c1S2)C(C)(C)c1ccccc1-4. The molecule has 1 aliphatic carbocycles. The fourth-order valence-electron chi connectivity index (χ4n) is 10.6. The predicted molar refractivity (Wildman–Crippen MR) is 236 cm³/mol. The van der Waals surface area contributed by atoms with Gasteiger partial charge in [0, 0.05) is 47.8 Å². The van der Waals surface area contributed by atoms with Crippen molar-refractivity contribution in [2.24, 2.45) is 0 Å². The Morgan fingerprint density at radius 1 is 0.574 bits per heavy atom. The average molecular weight is 730 g/mol. The Labute approximate surface area is 328 Å². The van der Waals surface area contributed by atoms with Crippen LogP contribution in [0.15, 0.2) is 113 Å². The van der Waals surface area contributed by atoms with Gasteiger partial charge in [-0.25, -0.2) is 0 Å². The van der Waals surface area contributed by atoms with Crippen molar-refractivity contribution in [2.75, 3.05) is 4.81 Å². The average Bonchev–Trinajstić information content (AvgIpc) is 3.63. The second kappa shape index (κ2) is 10.0. The van der Waals surface area contributed by atoms with Crippen LogP contribution in [-0.4, -0.2) is 13.6 Å². The Kier molecular flexibility index (Phi) is 5.93. The first-order valence-corrected chi connectivity index (χ1v) is 21.2. The molecule has 54 heavy (non-hydrogen) atoms. The van der Waals surface area contributed by atoms with Crippen LogP contribution in [0.25, 0.3) is 43.5 Å². The molecule has 7 aromatic rings. The lowest BCUT2D eigenvalue weighted by molar-refractivity contribution is 0.590. The van der Waals surface area contributed by atoms with Crippen LogP contribution >= 0.6 is 23.1 Å². The van der Waals surface area contributed by atoms with Gasteiger partial charge >= 0.3 is 6.85 Å². The second-order valence-electron chi connectivity index (χ2n) is 18.9. The third kappa shape index (κ3) is 3.85. The van der Waals surface area contributed by atoms with Crippen LogP contribution in [0.2, 0.25) is 0 Å². The third-order valence-electron chi connectivity index (χ3n) is 13.4. The molecule has 260 valence electrons. The van der Waals surface area contributed by atoms with Crippen molar-refractivity contribution in [2.45, 2.75) is 81.4 Å². The van der Waals surface area contributed by atoms with Crippen molar-refractivity contribution >= 4 is 84.7 Å². The molecule has 5 heterocycles. The van der Waals surface area contributed by atoms with E-state index in [0.29, 0.717) is 0 Å². The van der Waals surface area contributed by atoms with Gasteiger partial charge in [0.05, 0.1) is 0 Å². The van der Waals surface area contributed by atoms with Crippen molar-refractivity contribution in [3.63, 3.8) is 0 Å². The van der Waals surface area contributed by atoms with E-state index in [4.69, 9.17) is 0 Å². The molecular formula is C49H41B2NS2. The van der Waals surface area contributed by atoms with E-state index in [2.05, 4.69) is 163 Å². The van der Waals surface area contributed by atoms with E-state index < -0.39 is 0 Å². The van der Waals surface area contributed by atoms with Crippen molar-refractivity contribution in [1.29, 1.82) is 0 Å². The normalized spacial score (nSPS) is 16.1. The van der Waals surface area contributed by atoms with Gasteiger partial charge in [0.15, 0.2) is 0 Å². The molecule has 1 nitrogen and oxygen atoms in total. The highest BCUT2D eigenvalue weighted by molar-refractivity contribution is 8.00. The molecule has 0 amide bonds. The summed E-state index contributed by atoms with van der Waals surface area (Å²) in [6, 6.07) is 41.0. The number of benzene rings is 6. The maximum Gasteiger partial charge on any atom is 0.329 e.